The highest BCUT2D eigenvalue weighted by molar-refractivity contribution is 7.92. The molecule has 0 atom stereocenters. The van der Waals surface area contributed by atoms with E-state index in [2.05, 4.69) is 14.5 Å². The number of nitrogens with zero attached hydrogens (tertiary/aromatic N) is 2. The maximum absolute atomic E-state index is 13.2. The van der Waals surface area contributed by atoms with Crippen LogP contribution in [0.2, 0.25) is 0 Å². The summed E-state index contributed by atoms with van der Waals surface area (Å²) in [5, 5.41) is 9.49. The van der Waals surface area contributed by atoms with E-state index in [1.807, 2.05) is 37.3 Å². The second-order valence-corrected chi connectivity index (χ2v) is 10.2. The number of carboxylic acid groups (broad SMARTS) is 1. The highest BCUT2D eigenvalue weighted by atomic mass is 32.2. The van der Waals surface area contributed by atoms with E-state index in [1.165, 1.54) is 12.1 Å². The number of piperazine rings is 1. The molecule has 0 unspecified atom stereocenters. The van der Waals surface area contributed by atoms with Crippen molar-refractivity contribution < 1.29 is 23.1 Å². The Morgan fingerprint density at radius 3 is 2.17 bits per heavy atom. The van der Waals surface area contributed by atoms with Gasteiger partial charge in [0.25, 0.3) is 10.0 Å². The topological polar surface area (TPSA) is 99.2 Å². The Bertz CT molecular complexity index is 1330. The lowest BCUT2D eigenvalue weighted by atomic mass is 10.1. The molecule has 0 radical (unpaired) electrons. The molecule has 9 heteroatoms. The van der Waals surface area contributed by atoms with Crippen LogP contribution < -0.4 is 19.3 Å². The Labute approximate surface area is 205 Å². The molecule has 0 bridgehead atoms. The number of aryl methyl sites for hydroxylation is 2. The fourth-order valence-corrected chi connectivity index (χ4v) is 5.62. The first-order chi connectivity index (χ1) is 16.7. The van der Waals surface area contributed by atoms with E-state index in [0.29, 0.717) is 24.3 Å². The third-order valence-corrected chi connectivity index (χ3v) is 7.69. The lowest BCUT2D eigenvalue weighted by Crippen LogP contribution is -2.46. The number of carbonyl (C=O) groups is 1. The summed E-state index contributed by atoms with van der Waals surface area (Å²) in [5.41, 5.74) is 3.60. The molecule has 0 aromatic heterocycles. The molecule has 184 valence electrons. The third-order valence-electron chi connectivity index (χ3n) is 6.17. The van der Waals surface area contributed by atoms with Gasteiger partial charge in [-0.15, -0.1) is 0 Å². The van der Waals surface area contributed by atoms with Crippen LogP contribution in [-0.4, -0.2) is 52.8 Å². The van der Waals surface area contributed by atoms with Gasteiger partial charge < -0.3 is 19.6 Å². The zero-order chi connectivity index (χ0) is 25.2. The minimum Gasteiger partial charge on any atom is -0.497 e. The molecule has 2 N–H and O–H groups in total. The number of benzene rings is 3. The van der Waals surface area contributed by atoms with Crippen molar-refractivity contribution in [2.24, 2.45) is 0 Å². The standard InChI is InChI=1S/C26H29N3O5S/c1-18-4-11-25(19(2)16-18)35(32,33)27-23-17-20(26(30)31)5-10-24(23)29-14-12-28(13-15-29)21-6-8-22(34-3)9-7-21/h4-11,16-17,27H,12-15H2,1-3H3,(H,30,31). The normalized spacial score (nSPS) is 14.0. The molecule has 3 aromatic carbocycles. The molecule has 0 amide bonds. The summed E-state index contributed by atoms with van der Waals surface area (Å²) in [7, 11) is -2.28. The van der Waals surface area contributed by atoms with E-state index in [-0.39, 0.29) is 16.1 Å². The molecular weight excluding hydrogens is 466 g/mol. The van der Waals surface area contributed by atoms with Crippen LogP contribution in [0.4, 0.5) is 17.1 Å². The lowest BCUT2D eigenvalue weighted by Gasteiger charge is -2.38. The van der Waals surface area contributed by atoms with Crippen molar-refractivity contribution >= 4 is 33.1 Å². The molecule has 0 aliphatic carbocycles. The molecule has 0 spiro atoms. The SMILES string of the molecule is COc1ccc(N2CCN(c3ccc(C(=O)O)cc3NS(=O)(=O)c3ccc(C)cc3C)CC2)cc1. The summed E-state index contributed by atoms with van der Waals surface area (Å²) < 4.78 is 34.4. The number of nitrogens with one attached hydrogen (secondary N) is 1. The van der Waals surface area contributed by atoms with Gasteiger partial charge in [-0.25, -0.2) is 13.2 Å². The molecule has 1 saturated heterocycles. The van der Waals surface area contributed by atoms with Gasteiger partial charge >= 0.3 is 5.97 Å². The van der Waals surface area contributed by atoms with Gasteiger partial charge in [-0.3, -0.25) is 4.72 Å². The molecular formula is C26H29N3O5S. The number of anilines is 3. The molecule has 8 nitrogen and oxygen atoms in total. The summed E-state index contributed by atoms with van der Waals surface area (Å²) in [6.07, 6.45) is 0. The van der Waals surface area contributed by atoms with Gasteiger partial charge in [0.2, 0.25) is 0 Å². The van der Waals surface area contributed by atoms with E-state index >= 15 is 0 Å². The van der Waals surface area contributed by atoms with Crippen molar-refractivity contribution in [1.29, 1.82) is 0 Å². The van der Waals surface area contributed by atoms with E-state index in [9.17, 15) is 18.3 Å². The maximum Gasteiger partial charge on any atom is 0.335 e. The van der Waals surface area contributed by atoms with E-state index in [0.717, 1.165) is 30.1 Å². The number of rotatable bonds is 7. The van der Waals surface area contributed by atoms with Crippen LogP contribution in [0.25, 0.3) is 0 Å². The molecule has 0 saturated carbocycles. The number of ether oxygens (including phenoxy) is 1. The summed E-state index contributed by atoms with van der Waals surface area (Å²) in [5.74, 6) is -0.320. The molecule has 4 rings (SSSR count). The first-order valence-corrected chi connectivity index (χ1v) is 12.8. The van der Waals surface area contributed by atoms with Gasteiger partial charge in [-0.1, -0.05) is 17.7 Å². The first kappa shape index (κ1) is 24.4. The molecule has 1 fully saturated rings. The van der Waals surface area contributed by atoms with Gasteiger partial charge in [0, 0.05) is 31.9 Å². The number of methoxy groups -OCH3 is 1. The average Bonchev–Trinajstić information content (AvgIpc) is 2.83. The fourth-order valence-electron chi connectivity index (χ4n) is 4.33. The molecule has 1 aliphatic rings. The van der Waals surface area contributed by atoms with E-state index in [4.69, 9.17) is 4.74 Å². The molecule has 1 heterocycles. The Kier molecular flexibility index (Phi) is 6.88. The number of aromatic carboxylic acids is 1. The van der Waals surface area contributed by atoms with E-state index < -0.39 is 16.0 Å². The average molecular weight is 496 g/mol. The minimum atomic E-state index is -3.92. The quantitative estimate of drug-likeness (QED) is 0.508. The molecule has 35 heavy (non-hydrogen) atoms. The van der Waals surface area contributed by atoms with Crippen molar-refractivity contribution in [2.75, 3.05) is 47.8 Å². The van der Waals surface area contributed by atoms with E-state index in [1.54, 1.807) is 32.2 Å². The van der Waals surface area contributed by atoms with Crippen LogP contribution in [-0.2, 0) is 10.0 Å². The summed E-state index contributed by atoms with van der Waals surface area (Å²) in [6, 6.07) is 17.6. The number of hydrogen-bond donors (Lipinski definition) is 2. The van der Waals surface area contributed by atoms with Crippen molar-refractivity contribution in [3.63, 3.8) is 0 Å². The third kappa shape index (κ3) is 5.35. The number of hydrogen-bond acceptors (Lipinski definition) is 6. The zero-order valence-electron chi connectivity index (χ0n) is 20.0. The summed E-state index contributed by atoms with van der Waals surface area (Å²) in [6.45, 7) is 6.41. The van der Waals surface area contributed by atoms with Gasteiger partial charge in [0.1, 0.15) is 5.75 Å². The van der Waals surface area contributed by atoms with Gasteiger partial charge in [-0.2, -0.15) is 0 Å². The molecule has 1 aliphatic heterocycles. The van der Waals surface area contributed by atoms with Gasteiger partial charge in [0.15, 0.2) is 0 Å². The largest absolute Gasteiger partial charge is 0.497 e. The smallest absolute Gasteiger partial charge is 0.335 e. The van der Waals surface area contributed by atoms with Crippen molar-refractivity contribution in [1.82, 2.24) is 0 Å². The van der Waals surface area contributed by atoms with Crippen molar-refractivity contribution in [3.05, 3.63) is 77.4 Å². The minimum absolute atomic E-state index is 0.0175. The number of carboxylic acids is 1. The van der Waals surface area contributed by atoms with Crippen LogP contribution in [0.1, 0.15) is 21.5 Å². The Morgan fingerprint density at radius 1 is 0.914 bits per heavy atom. The zero-order valence-corrected chi connectivity index (χ0v) is 20.8. The van der Waals surface area contributed by atoms with Crippen molar-refractivity contribution in [2.45, 2.75) is 18.7 Å². The van der Waals surface area contributed by atoms with Gasteiger partial charge in [0.05, 0.1) is 28.9 Å². The maximum atomic E-state index is 13.2. The van der Waals surface area contributed by atoms with Gasteiger partial charge in [-0.05, 0) is 67.9 Å². The summed E-state index contributed by atoms with van der Waals surface area (Å²) >= 11 is 0. The fraction of sp³-hybridized carbons (Fsp3) is 0.269. The van der Waals surface area contributed by atoms with Crippen molar-refractivity contribution in [3.8, 4) is 5.75 Å². The Hall–Kier alpha value is -3.72. The predicted molar refractivity (Wildman–Crippen MR) is 138 cm³/mol. The second-order valence-electron chi connectivity index (χ2n) is 8.58. The second kappa shape index (κ2) is 9.87. The summed E-state index contributed by atoms with van der Waals surface area (Å²) in [4.78, 5) is 16.1. The van der Waals surface area contributed by atoms with Crippen LogP contribution >= 0.6 is 0 Å². The highest BCUT2D eigenvalue weighted by Crippen LogP contribution is 2.32. The highest BCUT2D eigenvalue weighted by Gasteiger charge is 2.24. The Morgan fingerprint density at radius 2 is 1.57 bits per heavy atom. The Balaban J connectivity index is 1.59. The molecule has 3 aromatic rings. The monoisotopic (exact) mass is 495 g/mol. The van der Waals surface area contributed by atoms with Crippen LogP contribution in [0, 0.1) is 13.8 Å². The first-order valence-electron chi connectivity index (χ1n) is 11.3. The predicted octanol–water partition coefficient (Wildman–Crippen LogP) is 4.14. The van der Waals surface area contributed by atoms with Crippen LogP contribution in [0.5, 0.6) is 5.75 Å². The van der Waals surface area contributed by atoms with Crippen LogP contribution in [0.15, 0.2) is 65.6 Å². The lowest BCUT2D eigenvalue weighted by molar-refractivity contribution is 0.0697. The van der Waals surface area contributed by atoms with Crippen LogP contribution in [0.3, 0.4) is 0 Å². The number of sulfonamides is 1.